The smallest absolute Gasteiger partial charge is 0.332 e. The molecule has 1 aliphatic carbocycles. The summed E-state index contributed by atoms with van der Waals surface area (Å²) in [6, 6.07) is 8.98. The fraction of sp³-hybridized carbons (Fsp3) is 0.333. The van der Waals surface area contributed by atoms with Gasteiger partial charge in [-0.15, -0.1) is 5.06 Å². The third-order valence-electron chi connectivity index (χ3n) is 3.61. The predicted molar refractivity (Wildman–Crippen MR) is 70.0 cm³/mol. The molecule has 0 spiro atoms. The molecule has 1 fully saturated rings. The lowest BCUT2D eigenvalue weighted by Crippen LogP contribution is -2.30. The number of hydroxylamine groups is 1. The molecule has 19 heavy (non-hydrogen) atoms. The van der Waals surface area contributed by atoms with Crippen molar-refractivity contribution in [3.05, 3.63) is 42.5 Å². The SMILES string of the molecule is O=C1ON(c2ccccc2)C(=O)C1C1C=CCCC1. The molecule has 2 unspecified atom stereocenters. The van der Waals surface area contributed by atoms with E-state index in [4.69, 9.17) is 4.84 Å². The van der Waals surface area contributed by atoms with E-state index in [-0.39, 0.29) is 11.8 Å². The molecule has 2 atom stereocenters. The van der Waals surface area contributed by atoms with Crippen LogP contribution in [0.3, 0.4) is 0 Å². The zero-order valence-corrected chi connectivity index (χ0v) is 10.5. The van der Waals surface area contributed by atoms with Gasteiger partial charge in [0, 0.05) is 0 Å². The molecule has 0 aromatic heterocycles. The lowest BCUT2D eigenvalue weighted by atomic mass is 9.84. The number of anilines is 1. The highest BCUT2D eigenvalue weighted by atomic mass is 16.7. The Hall–Kier alpha value is -2.10. The molecule has 1 saturated heterocycles. The second-order valence-corrected chi connectivity index (χ2v) is 4.88. The monoisotopic (exact) mass is 257 g/mol. The van der Waals surface area contributed by atoms with Crippen LogP contribution in [0.2, 0.25) is 0 Å². The predicted octanol–water partition coefficient (Wildman–Crippen LogP) is 2.46. The number of benzene rings is 1. The van der Waals surface area contributed by atoms with Gasteiger partial charge in [0.15, 0.2) is 0 Å². The molecule has 1 aromatic rings. The van der Waals surface area contributed by atoms with E-state index in [1.807, 2.05) is 30.4 Å². The standard InChI is InChI=1S/C15H15NO3/c17-14-13(11-7-3-1-4-8-11)15(18)19-16(14)12-9-5-2-6-10-12/h2-3,5-7,9-11,13H,1,4,8H2. The van der Waals surface area contributed by atoms with Gasteiger partial charge in [-0.05, 0) is 37.3 Å². The quantitative estimate of drug-likeness (QED) is 0.604. The number of amides is 1. The normalized spacial score (nSPS) is 26.6. The number of rotatable bonds is 2. The molecular formula is C15H15NO3. The van der Waals surface area contributed by atoms with Crippen LogP contribution in [0, 0.1) is 11.8 Å². The van der Waals surface area contributed by atoms with Crippen molar-refractivity contribution in [1.82, 2.24) is 0 Å². The summed E-state index contributed by atoms with van der Waals surface area (Å²) in [6.45, 7) is 0. The Morgan fingerprint density at radius 3 is 2.63 bits per heavy atom. The fourth-order valence-electron chi connectivity index (χ4n) is 2.64. The molecule has 4 nitrogen and oxygen atoms in total. The van der Waals surface area contributed by atoms with E-state index in [9.17, 15) is 9.59 Å². The first-order valence-electron chi connectivity index (χ1n) is 6.55. The molecule has 3 rings (SSSR count). The van der Waals surface area contributed by atoms with Gasteiger partial charge in [0.2, 0.25) is 0 Å². The fourth-order valence-corrected chi connectivity index (χ4v) is 2.64. The number of allylic oxidation sites excluding steroid dienone is 2. The van der Waals surface area contributed by atoms with Crippen molar-refractivity contribution in [3.63, 3.8) is 0 Å². The van der Waals surface area contributed by atoms with Crippen molar-refractivity contribution in [2.24, 2.45) is 11.8 Å². The summed E-state index contributed by atoms with van der Waals surface area (Å²) in [5, 5.41) is 1.12. The molecule has 0 N–H and O–H groups in total. The maximum atomic E-state index is 12.4. The maximum Gasteiger partial charge on any atom is 0.346 e. The van der Waals surface area contributed by atoms with Gasteiger partial charge in [-0.1, -0.05) is 30.4 Å². The van der Waals surface area contributed by atoms with E-state index in [1.165, 1.54) is 0 Å². The van der Waals surface area contributed by atoms with Crippen LogP contribution in [0.25, 0.3) is 0 Å². The molecule has 1 amide bonds. The Labute approximate surface area is 111 Å². The van der Waals surface area contributed by atoms with Gasteiger partial charge < -0.3 is 4.84 Å². The van der Waals surface area contributed by atoms with E-state index >= 15 is 0 Å². The molecule has 0 bridgehead atoms. The highest BCUT2D eigenvalue weighted by Crippen LogP contribution is 2.33. The highest BCUT2D eigenvalue weighted by molar-refractivity contribution is 6.11. The molecule has 0 saturated carbocycles. The van der Waals surface area contributed by atoms with Gasteiger partial charge in [-0.25, -0.2) is 4.79 Å². The number of hydrogen-bond donors (Lipinski definition) is 0. The third kappa shape index (κ3) is 2.14. The number of nitrogens with zero attached hydrogens (tertiary/aromatic N) is 1. The van der Waals surface area contributed by atoms with Crippen LogP contribution in [-0.2, 0) is 14.4 Å². The van der Waals surface area contributed by atoms with Gasteiger partial charge in [-0.3, -0.25) is 4.79 Å². The van der Waals surface area contributed by atoms with Crippen molar-refractivity contribution >= 4 is 17.6 Å². The van der Waals surface area contributed by atoms with Crippen LogP contribution in [0.5, 0.6) is 0 Å². The average molecular weight is 257 g/mol. The van der Waals surface area contributed by atoms with Crippen LogP contribution < -0.4 is 5.06 Å². The Kier molecular flexibility index (Phi) is 3.07. The first-order valence-corrected chi connectivity index (χ1v) is 6.55. The zero-order chi connectivity index (χ0) is 13.2. The first-order chi connectivity index (χ1) is 9.27. The lowest BCUT2D eigenvalue weighted by Gasteiger charge is -2.18. The summed E-state index contributed by atoms with van der Waals surface area (Å²) in [7, 11) is 0. The third-order valence-corrected chi connectivity index (χ3v) is 3.61. The highest BCUT2D eigenvalue weighted by Gasteiger charge is 2.46. The summed E-state index contributed by atoms with van der Waals surface area (Å²) < 4.78 is 0. The Morgan fingerprint density at radius 2 is 1.95 bits per heavy atom. The minimum absolute atomic E-state index is 0.0255. The van der Waals surface area contributed by atoms with Crippen LogP contribution in [-0.4, -0.2) is 11.9 Å². The molecular weight excluding hydrogens is 242 g/mol. The Morgan fingerprint density at radius 1 is 1.16 bits per heavy atom. The first kappa shape index (κ1) is 12.0. The topological polar surface area (TPSA) is 46.6 Å². The van der Waals surface area contributed by atoms with Crippen LogP contribution in [0.4, 0.5) is 5.69 Å². The van der Waals surface area contributed by atoms with E-state index in [1.54, 1.807) is 12.1 Å². The lowest BCUT2D eigenvalue weighted by molar-refractivity contribution is -0.143. The van der Waals surface area contributed by atoms with E-state index in [0.29, 0.717) is 5.69 Å². The number of carbonyl (C=O) groups excluding carboxylic acids is 2. The minimum Gasteiger partial charge on any atom is -0.332 e. The van der Waals surface area contributed by atoms with E-state index in [0.717, 1.165) is 24.3 Å². The molecule has 4 heteroatoms. The van der Waals surface area contributed by atoms with Crippen LogP contribution in [0.15, 0.2) is 42.5 Å². The Balaban J connectivity index is 1.85. The van der Waals surface area contributed by atoms with Gasteiger partial charge in [0.05, 0.1) is 5.69 Å². The van der Waals surface area contributed by atoms with Gasteiger partial charge in [0.1, 0.15) is 5.92 Å². The van der Waals surface area contributed by atoms with Crippen molar-refractivity contribution in [1.29, 1.82) is 0 Å². The molecule has 98 valence electrons. The largest absolute Gasteiger partial charge is 0.346 e. The summed E-state index contributed by atoms with van der Waals surface area (Å²) in [5.74, 6) is -1.41. The molecule has 1 heterocycles. The molecule has 1 aliphatic heterocycles. The second kappa shape index (κ2) is 4.88. The second-order valence-electron chi connectivity index (χ2n) is 4.88. The number of para-hydroxylation sites is 1. The number of carbonyl (C=O) groups is 2. The minimum atomic E-state index is -0.684. The molecule has 0 radical (unpaired) electrons. The molecule has 1 aromatic carbocycles. The van der Waals surface area contributed by atoms with E-state index < -0.39 is 11.9 Å². The van der Waals surface area contributed by atoms with Crippen molar-refractivity contribution < 1.29 is 14.4 Å². The number of hydrogen-bond acceptors (Lipinski definition) is 3. The maximum absolute atomic E-state index is 12.4. The van der Waals surface area contributed by atoms with Crippen LogP contribution in [0.1, 0.15) is 19.3 Å². The van der Waals surface area contributed by atoms with Gasteiger partial charge >= 0.3 is 5.97 Å². The van der Waals surface area contributed by atoms with Crippen molar-refractivity contribution in [2.75, 3.05) is 5.06 Å². The van der Waals surface area contributed by atoms with E-state index in [2.05, 4.69) is 0 Å². The van der Waals surface area contributed by atoms with Gasteiger partial charge in [0.25, 0.3) is 5.91 Å². The van der Waals surface area contributed by atoms with Crippen LogP contribution >= 0.6 is 0 Å². The summed E-state index contributed by atoms with van der Waals surface area (Å²) in [4.78, 5) is 29.4. The van der Waals surface area contributed by atoms with Gasteiger partial charge in [-0.2, -0.15) is 0 Å². The average Bonchev–Trinajstić information content (AvgIpc) is 2.76. The summed E-state index contributed by atoms with van der Waals surface area (Å²) in [5.41, 5.74) is 0.600. The molecule has 2 aliphatic rings. The van der Waals surface area contributed by atoms with Crippen molar-refractivity contribution in [2.45, 2.75) is 19.3 Å². The summed E-state index contributed by atoms with van der Waals surface area (Å²) in [6.07, 6.45) is 6.92. The summed E-state index contributed by atoms with van der Waals surface area (Å²) >= 11 is 0. The Bertz CT molecular complexity index is 523. The zero-order valence-electron chi connectivity index (χ0n) is 10.5. The van der Waals surface area contributed by atoms with Crippen molar-refractivity contribution in [3.8, 4) is 0 Å².